The molecule has 3 unspecified atom stereocenters. The third-order valence-corrected chi connectivity index (χ3v) is 2.55. The molecule has 0 amide bonds. The van der Waals surface area contributed by atoms with Crippen LogP contribution in [-0.4, -0.2) is 21.9 Å². The Morgan fingerprint density at radius 2 is 2.36 bits per heavy atom. The highest BCUT2D eigenvalue weighted by molar-refractivity contribution is 5.08. The van der Waals surface area contributed by atoms with E-state index in [-0.39, 0.29) is 12.3 Å². The van der Waals surface area contributed by atoms with Crippen molar-refractivity contribution in [2.24, 2.45) is 5.92 Å². The summed E-state index contributed by atoms with van der Waals surface area (Å²) < 4.78 is 0. The van der Waals surface area contributed by atoms with Crippen molar-refractivity contribution in [3.05, 3.63) is 0 Å². The molecule has 0 aromatic rings. The lowest BCUT2D eigenvalue weighted by Crippen LogP contribution is -2.58. The lowest BCUT2D eigenvalue weighted by Gasteiger charge is -2.47. The Labute approximate surface area is 67.2 Å². The van der Waals surface area contributed by atoms with Crippen molar-refractivity contribution in [1.29, 1.82) is 0 Å². The van der Waals surface area contributed by atoms with Crippen LogP contribution in [0.15, 0.2) is 0 Å². The largest absolute Gasteiger partial charge is 0.390 e. The Balaban J connectivity index is 2.48. The quantitative estimate of drug-likeness (QED) is 0.570. The van der Waals surface area contributed by atoms with E-state index in [4.69, 9.17) is 6.42 Å². The third kappa shape index (κ3) is 1.26. The molecule has 2 heteroatoms. The summed E-state index contributed by atoms with van der Waals surface area (Å²) in [6.07, 6.45) is 6.27. The Morgan fingerprint density at radius 1 is 1.73 bits per heavy atom. The van der Waals surface area contributed by atoms with Crippen LogP contribution < -0.4 is 0 Å². The van der Waals surface area contributed by atoms with Crippen LogP contribution in [0.2, 0.25) is 0 Å². The Kier molecular flexibility index (Phi) is 2.22. The normalized spacial score (nSPS) is 42.7. The lowest BCUT2D eigenvalue weighted by atomic mass is 9.65. The lowest BCUT2D eigenvalue weighted by molar-refractivity contribution is -0.182. The molecule has 0 saturated heterocycles. The molecule has 0 heterocycles. The summed E-state index contributed by atoms with van der Waals surface area (Å²) in [7, 11) is 0. The molecule has 1 aliphatic rings. The molecule has 2 nitrogen and oxygen atoms in total. The van der Waals surface area contributed by atoms with Crippen molar-refractivity contribution in [1.82, 2.24) is 0 Å². The van der Waals surface area contributed by atoms with Crippen LogP contribution in [0.25, 0.3) is 0 Å². The highest BCUT2D eigenvalue weighted by atomic mass is 16.3. The second-order valence-corrected chi connectivity index (χ2v) is 3.30. The van der Waals surface area contributed by atoms with Crippen LogP contribution in [0.1, 0.15) is 26.2 Å². The van der Waals surface area contributed by atoms with Gasteiger partial charge < -0.3 is 10.2 Å². The fourth-order valence-electron chi connectivity index (χ4n) is 1.69. The topological polar surface area (TPSA) is 40.5 Å². The van der Waals surface area contributed by atoms with Gasteiger partial charge in [-0.3, -0.25) is 0 Å². The molecule has 62 valence electrons. The maximum absolute atomic E-state index is 9.59. The van der Waals surface area contributed by atoms with E-state index in [0.29, 0.717) is 6.42 Å². The van der Waals surface area contributed by atoms with Crippen LogP contribution in [0.5, 0.6) is 0 Å². The molecule has 1 fully saturated rings. The minimum Gasteiger partial charge on any atom is -0.390 e. The van der Waals surface area contributed by atoms with Gasteiger partial charge in [-0.25, -0.2) is 0 Å². The van der Waals surface area contributed by atoms with Gasteiger partial charge in [0.05, 0.1) is 6.10 Å². The molecule has 1 aliphatic carbocycles. The maximum Gasteiger partial charge on any atom is 0.102 e. The molecule has 0 aliphatic heterocycles. The fourth-order valence-corrected chi connectivity index (χ4v) is 1.69. The van der Waals surface area contributed by atoms with Gasteiger partial charge in [0.25, 0.3) is 0 Å². The van der Waals surface area contributed by atoms with Gasteiger partial charge in [-0.2, -0.15) is 0 Å². The number of rotatable bonds is 2. The Bertz CT molecular complexity index is 182. The zero-order valence-electron chi connectivity index (χ0n) is 6.75. The van der Waals surface area contributed by atoms with E-state index in [1.165, 1.54) is 0 Å². The van der Waals surface area contributed by atoms with Crippen LogP contribution in [0, 0.1) is 18.3 Å². The van der Waals surface area contributed by atoms with Gasteiger partial charge in [-0.1, -0.05) is 13.3 Å². The van der Waals surface area contributed by atoms with E-state index < -0.39 is 11.7 Å². The van der Waals surface area contributed by atoms with E-state index in [2.05, 4.69) is 5.92 Å². The minimum absolute atomic E-state index is 0.244. The van der Waals surface area contributed by atoms with Crippen molar-refractivity contribution in [2.75, 3.05) is 0 Å². The first-order valence-corrected chi connectivity index (χ1v) is 3.98. The SMILES string of the molecule is C#CCC1(O)CC(CC)C1O. The van der Waals surface area contributed by atoms with Crippen LogP contribution in [0.3, 0.4) is 0 Å². The predicted molar refractivity (Wildman–Crippen MR) is 42.8 cm³/mol. The average Bonchev–Trinajstić information content (AvgIpc) is 2.00. The fraction of sp³-hybridized carbons (Fsp3) is 0.778. The van der Waals surface area contributed by atoms with Gasteiger partial charge in [0.15, 0.2) is 0 Å². The monoisotopic (exact) mass is 154 g/mol. The second-order valence-electron chi connectivity index (χ2n) is 3.30. The van der Waals surface area contributed by atoms with Crippen molar-refractivity contribution >= 4 is 0 Å². The second kappa shape index (κ2) is 2.84. The number of hydrogen-bond donors (Lipinski definition) is 2. The van der Waals surface area contributed by atoms with E-state index in [9.17, 15) is 10.2 Å². The molecule has 1 rings (SSSR count). The summed E-state index contributed by atoms with van der Waals surface area (Å²) in [5.74, 6) is 2.62. The third-order valence-electron chi connectivity index (χ3n) is 2.55. The average molecular weight is 154 g/mol. The first kappa shape index (κ1) is 8.58. The molecule has 0 aromatic carbocycles. The summed E-state index contributed by atoms with van der Waals surface area (Å²) in [5, 5.41) is 19.0. The molecule has 0 bridgehead atoms. The predicted octanol–water partition coefficient (Wildman–Crippen LogP) is 0.532. The van der Waals surface area contributed by atoms with Crippen molar-refractivity contribution in [3.8, 4) is 12.3 Å². The van der Waals surface area contributed by atoms with Gasteiger partial charge in [-0.15, -0.1) is 12.3 Å². The van der Waals surface area contributed by atoms with Gasteiger partial charge in [0, 0.05) is 6.42 Å². The zero-order valence-corrected chi connectivity index (χ0v) is 6.75. The summed E-state index contributed by atoms with van der Waals surface area (Å²) in [5.41, 5.74) is -0.977. The maximum atomic E-state index is 9.59. The summed E-state index contributed by atoms with van der Waals surface area (Å²) in [4.78, 5) is 0. The first-order chi connectivity index (χ1) is 5.14. The van der Waals surface area contributed by atoms with Crippen molar-refractivity contribution in [3.63, 3.8) is 0 Å². The van der Waals surface area contributed by atoms with Crippen molar-refractivity contribution < 1.29 is 10.2 Å². The standard InChI is InChI=1S/C9H14O2/c1-3-5-9(11)6-7(4-2)8(9)10/h1,7-8,10-11H,4-6H2,2H3. The summed E-state index contributed by atoms with van der Waals surface area (Å²) in [6, 6.07) is 0. The smallest absolute Gasteiger partial charge is 0.102 e. The molecule has 0 aromatic heterocycles. The minimum atomic E-state index is -0.977. The van der Waals surface area contributed by atoms with Crippen LogP contribution >= 0.6 is 0 Å². The van der Waals surface area contributed by atoms with Crippen LogP contribution in [-0.2, 0) is 0 Å². The highest BCUT2D eigenvalue weighted by Gasteiger charge is 2.50. The van der Waals surface area contributed by atoms with Crippen LogP contribution in [0.4, 0.5) is 0 Å². The summed E-state index contributed by atoms with van der Waals surface area (Å²) >= 11 is 0. The molecular formula is C9H14O2. The molecule has 0 spiro atoms. The van der Waals surface area contributed by atoms with Gasteiger partial charge in [-0.05, 0) is 12.3 Å². The number of terminal acetylenes is 1. The van der Waals surface area contributed by atoms with Gasteiger partial charge in [0.1, 0.15) is 5.60 Å². The number of aliphatic hydroxyl groups is 2. The van der Waals surface area contributed by atoms with Gasteiger partial charge in [0.2, 0.25) is 0 Å². The zero-order chi connectivity index (χ0) is 8.48. The molecule has 1 saturated carbocycles. The van der Waals surface area contributed by atoms with Gasteiger partial charge >= 0.3 is 0 Å². The van der Waals surface area contributed by atoms with E-state index in [1.54, 1.807) is 0 Å². The van der Waals surface area contributed by atoms with E-state index in [0.717, 1.165) is 6.42 Å². The number of aliphatic hydroxyl groups excluding tert-OH is 1. The molecule has 0 radical (unpaired) electrons. The molecule has 3 atom stereocenters. The number of hydrogen-bond acceptors (Lipinski definition) is 2. The van der Waals surface area contributed by atoms with Crippen molar-refractivity contribution in [2.45, 2.75) is 37.9 Å². The highest BCUT2D eigenvalue weighted by Crippen LogP contribution is 2.41. The van der Waals surface area contributed by atoms with E-state index in [1.807, 2.05) is 6.92 Å². The molecule has 11 heavy (non-hydrogen) atoms. The first-order valence-electron chi connectivity index (χ1n) is 3.98. The Morgan fingerprint density at radius 3 is 2.73 bits per heavy atom. The molecular weight excluding hydrogens is 140 g/mol. The Hall–Kier alpha value is -0.520. The molecule has 2 N–H and O–H groups in total. The van der Waals surface area contributed by atoms with E-state index >= 15 is 0 Å². The summed E-state index contributed by atoms with van der Waals surface area (Å²) in [6.45, 7) is 2.00.